The predicted molar refractivity (Wildman–Crippen MR) is 95.8 cm³/mol. The second kappa shape index (κ2) is 7.02. The first-order valence-corrected chi connectivity index (χ1v) is 9.25. The minimum Gasteiger partial charge on any atom is -0.342 e. The lowest BCUT2D eigenvalue weighted by atomic mass is 9.92. The average molecular weight is 349 g/mol. The molecule has 1 aliphatic rings. The Morgan fingerprint density at radius 3 is 2.57 bits per heavy atom. The summed E-state index contributed by atoms with van der Waals surface area (Å²) in [5, 5.41) is 3.64. The van der Waals surface area contributed by atoms with Crippen molar-refractivity contribution in [1.82, 2.24) is 9.88 Å². The fourth-order valence-electron chi connectivity index (χ4n) is 3.25. The molecule has 5 heteroatoms. The molecule has 23 heavy (non-hydrogen) atoms. The minimum absolute atomic E-state index is 0.191. The van der Waals surface area contributed by atoms with Crippen molar-refractivity contribution in [2.75, 3.05) is 13.1 Å². The standard InChI is InChI=1S/C18H21ClN2OS/c1-12-7-13(2)10-21(9-12)17(22)8-16-11-23-18(20-16)14-3-5-15(19)6-4-14/h3-6,11-13H,7-10H2,1-2H3. The van der Waals surface area contributed by atoms with Crippen molar-refractivity contribution in [3.63, 3.8) is 0 Å². The largest absolute Gasteiger partial charge is 0.342 e. The van der Waals surface area contributed by atoms with Gasteiger partial charge in [-0.05, 0) is 30.4 Å². The molecule has 0 spiro atoms. The van der Waals surface area contributed by atoms with Gasteiger partial charge in [-0.25, -0.2) is 4.98 Å². The number of piperidine rings is 1. The Bertz CT molecular complexity index is 673. The van der Waals surface area contributed by atoms with E-state index in [0.29, 0.717) is 23.3 Å². The van der Waals surface area contributed by atoms with E-state index < -0.39 is 0 Å². The van der Waals surface area contributed by atoms with Gasteiger partial charge in [0.15, 0.2) is 0 Å². The number of carbonyl (C=O) groups is 1. The summed E-state index contributed by atoms with van der Waals surface area (Å²) in [6.07, 6.45) is 1.60. The number of hydrogen-bond acceptors (Lipinski definition) is 3. The van der Waals surface area contributed by atoms with E-state index >= 15 is 0 Å². The molecular weight excluding hydrogens is 328 g/mol. The first kappa shape index (κ1) is 16.5. The molecule has 3 rings (SSSR count). The van der Waals surface area contributed by atoms with Gasteiger partial charge >= 0.3 is 0 Å². The Morgan fingerprint density at radius 2 is 1.91 bits per heavy atom. The molecule has 1 aromatic heterocycles. The van der Waals surface area contributed by atoms with Gasteiger partial charge in [-0.15, -0.1) is 11.3 Å². The molecule has 2 heterocycles. The number of thiazole rings is 1. The molecule has 1 aliphatic heterocycles. The van der Waals surface area contributed by atoms with E-state index in [1.807, 2.05) is 34.5 Å². The number of aromatic nitrogens is 1. The Morgan fingerprint density at radius 1 is 1.26 bits per heavy atom. The quantitative estimate of drug-likeness (QED) is 0.817. The summed E-state index contributed by atoms with van der Waals surface area (Å²) in [6.45, 7) is 6.18. The first-order valence-electron chi connectivity index (χ1n) is 7.99. The van der Waals surface area contributed by atoms with Crippen molar-refractivity contribution >= 4 is 28.8 Å². The molecule has 0 saturated carbocycles. The highest BCUT2D eigenvalue weighted by Gasteiger charge is 2.25. The molecule has 1 fully saturated rings. The van der Waals surface area contributed by atoms with Gasteiger partial charge < -0.3 is 4.90 Å². The van der Waals surface area contributed by atoms with Crippen LogP contribution in [0, 0.1) is 11.8 Å². The minimum atomic E-state index is 0.191. The van der Waals surface area contributed by atoms with Crippen LogP contribution in [0.3, 0.4) is 0 Å². The third-order valence-electron chi connectivity index (χ3n) is 4.20. The maximum atomic E-state index is 12.5. The topological polar surface area (TPSA) is 33.2 Å². The lowest BCUT2D eigenvalue weighted by Gasteiger charge is -2.35. The van der Waals surface area contributed by atoms with Gasteiger partial charge in [0.05, 0.1) is 12.1 Å². The highest BCUT2D eigenvalue weighted by Crippen LogP contribution is 2.26. The number of carbonyl (C=O) groups excluding carboxylic acids is 1. The van der Waals surface area contributed by atoms with E-state index in [0.717, 1.165) is 29.4 Å². The number of halogens is 1. The van der Waals surface area contributed by atoms with Crippen LogP contribution in [0.4, 0.5) is 0 Å². The van der Waals surface area contributed by atoms with Crippen molar-refractivity contribution < 1.29 is 4.79 Å². The lowest BCUT2D eigenvalue weighted by Crippen LogP contribution is -2.43. The van der Waals surface area contributed by atoms with Gasteiger partial charge in [0.2, 0.25) is 5.91 Å². The molecule has 2 atom stereocenters. The highest BCUT2D eigenvalue weighted by molar-refractivity contribution is 7.13. The maximum Gasteiger partial charge on any atom is 0.228 e. The van der Waals surface area contributed by atoms with Crippen LogP contribution in [-0.2, 0) is 11.2 Å². The number of hydrogen-bond donors (Lipinski definition) is 0. The molecule has 0 N–H and O–H groups in total. The van der Waals surface area contributed by atoms with Crippen LogP contribution in [0.15, 0.2) is 29.6 Å². The molecule has 122 valence electrons. The molecule has 1 saturated heterocycles. The normalized spacial score (nSPS) is 21.4. The summed E-state index contributed by atoms with van der Waals surface area (Å²) < 4.78 is 0. The number of likely N-dealkylation sites (tertiary alicyclic amines) is 1. The molecule has 1 amide bonds. The average Bonchev–Trinajstić information content (AvgIpc) is 2.95. The second-order valence-electron chi connectivity index (χ2n) is 6.57. The van der Waals surface area contributed by atoms with Gasteiger partial charge in [0.1, 0.15) is 5.01 Å². The van der Waals surface area contributed by atoms with Crippen LogP contribution >= 0.6 is 22.9 Å². The maximum absolute atomic E-state index is 12.5. The molecule has 1 aromatic carbocycles. The predicted octanol–water partition coefficient (Wildman–Crippen LogP) is 4.51. The molecule has 0 aliphatic carbocycles. The fraction of sp³-hybridized carbons (Fsp3) is 0.444. The van der Waals surface area contributed by atoms with Crippen LogP contribution in [0.2, 0.25) is 5.02 Å². The number of benzene rings is 1. The van der Waals surface area contributed by atoms with E-state index in [1.54, 1.807) is 11.3 Å². The summed E-state index contributed by atoms with van der Waals surface area (Å²) in [5.74, 6) is 1.36. The van der Waals surface area contributed by atoms with E-state index in [4.69, 9.17) is 11.6 Å². The van der Waals surface area contributed by atoms with Crippen LogP contribution in [-0.4, -0.2) is 28.9 Å². The number of amides is 1. The van der Waals surface area contributed by atoms with Crippen molar-refractivity contribution in [1.29, 1.82) is 0 Å². The van der Waals surface area contributed by atoms with Crippen LogP contribution in [0.5, 0.6) is 0 Å². The smallest absolute Gasteiger partial charge is 0.228 e. The summed E-state index contributed by atoms with van der Waals surface area (Å²) in [7, 11) is 0. The van der Waals surface area contributed by atoms with Crippen molar-refractivity contribution in [2.45, 2.75) is 26.7 Å². The molecule has 0 bridgehead atoms. The third-order valence-corrected chi connectivity index (χ3v) is 5.39. The second-order valence-corrected chi connectivity index (χ2v) is 7.87. The Kier molecular flexibility index (Phi) is 5.02. The van der Waals surface area contributed by atoms with Gasteiger partial charge in [0.25, 0.3) is 0 Å². The van der Waals surface area contributed by atoms with Crippen LogP contribution < -0.4 is 0 Å². The van der Waals surface area contributed by atoms with Gasteiger partial charge in [-0.2, -0.15) is 0 Å². The lowest BCUT2D eigenvalue weighted by molar-refractivity contribution is -0.133. The highest BCUT2D eigenvalue weighted by atomic mass is 35.5. The Balaban J connectivity index is 1.66. The van der Waals surface area contributed by atoms with Crippen molar-refractivity contribution in [2.24, 2.45) is 11.8 Å². The SMILES string of the molecule is CC1CC(C)CN(C(=O)Cc2csc(-c3ccc(Cl)cc3)n2)C1. The number of rotatable bonds is 3. The molecular formula is C18H21ClN2OS. The molecule has 2 unspecified atom stereocenters. The van der Waals surface area contributed by atoms with Crippen LogP contribution in [0.1, 0.15) is 26.0 Å². The number of nitrogens with zero attached hydrogens (tertiary/aromatic N) is 2. The zero-order valence-electron chi connectivity index (χ0n) is 13.5. The van der Waals surface area contributed by atoms with Gasteiger partial charge in [-0.3, -0.25) is 4.79 Å². The molecule has 0 radical (unpaired) electrons. The van der Waals surface area contributed by atoms with E-state index in [1.165, 1.54) is 6.42 Å². The Labute approximate surface area is 146 Å². The van der Waals surface area contributed by atoms with Gasteiger partial charge in [0, 0.05) is 29.1 Å². The van der Waals surface area contributed by atoms with Gasteiger partial charge in [-0.1, -0.05) is 37.6 Å². The zero-order valence-corrected chi connectivity index (χ0v) is 15.0. The van der Waals surface area contributed by atoms with E-state index in [9.17, 15) is 4.79 Å². The summed E-state index contributed by atoms with van der Waals surface area (Å²) in [4.78, 5) is 19.1. The van der Waals surface area contributed by atoms with Crippen LogP contribution in [0.25, 0.3) is 10.6 Å². The third kappa shape index (κ3) is 4.12. The zero-order chi connectivity index (χ0) is 16.4. The monoisotopic (exact) mass is 348 g/mol. The van der Waals surface area contributed by atoms with E-state index in [-0.39, 0.29) is 5.91 Å². The van der Waals surface area contributed by atoms with Crippen molar-refractivity contribution in [3.05, 3.63) is 40.4 Å². The summed E-state index contributed by atoms with van der Waals surface area (Å²) >= 11 is 7.49. The summed E-state index contributed by atoms with van der Waals surface area (Å²) in [6, 6.07) is 7.64. The summed E-state index contributed by atoms with van der Waals surface area (Å²) in [5.41, 5.74) is 1.90. The molecule has 2 aromatic rings. The molecule has 3 nitrogen and oxygen atoms in total. The van der Waals surface area contributed by atoms with E-state index in [2.05, 4.69) is 18.8 Å². The Hall–Kier alpha value is -1.39. The fourth-order valence-corrected chi connectivity index (χ4v) is 4.20. The first-order chi connectivity index (χ1) is 11.0. The van der Waals surface area contributed by atoms with Crippen molar-refractivity contribution in [3.8, 4) is 10.6 Å².